The van der Waals surface area contributed by atoms with Gasteiger partial charge in [0.25, 0.3) is 0 Å². The van der Waals surface area contributed by atoms with Crippen LogP contribution in [-0.4, -0.2) is 17.1 Å². The number of hydrogen-bond donors (Lipinski definition) is 1. The molecule has 0 atom stereocenters. The van der Waals surface area contributed by atoms with Gasteiger partial charge in [-0.1, -0.05) is 72.8 Å². The van der Waals surface area contributed by atoms with Crippen molar-refractivity contribution >= 4 is 10.8 Å². The van der Waals surface area contributed by atoms with Crippen LogP contribution in [0.4, 0.5) is 0 Å². The zero-order valence-corrected chi connectivity index (χ0v) is 16.1. The number of rotatable bonds is 4. The van der Waals surface area contributed by atoms with Gasteiger partial charge in [0.05, 0.1) is 18.5 Å². The van der Waals surface area contributed by atoms with Crippen LogP contribution >= 0.6 is 0 Å². The number of H-pyrrole nitrogens is 1. The second kappa shape index (κ2) is 7.28. The Kier molecular flexibility index (Phi) is 4.34. The quantitative estimate of drug-likeness (QED) is 0.385. The Labute approximate surface area is 169 Å². The number of nitrogens with one attached hydrogen (secondary N) is 1. The van der Waals surface area contributed by atoms with E-state index in [0.29, 0.717) is 0 Å². The number of imidazole rings is 1. The number of nitrogens with zero attached hydrogens (tertiary/aromatic N) is 1. The Morgan fingerprint density at radius 1 is 0.690 bits per heavy atom. The van der Waals surface area contributed by atoms with E-state index in [1.807, 2.05) is 30.3 Å². The maximum absolute atomic E-state index is 5.32. The molecule has 0 aliphatic rings. The number of aromatic amines is 1. The average Bonchev–Trinajstić information content (AvgIpc) is 3.24. The van der Waals surface area contributed by atoms with E-state index in [9.17, 15) is 0 Å². The Balaban J connectivity index is 1.72. The first-order valence-corrected chi connectivity index (χ1v) is 9.61. The minimum Gasteiger partial charge on any atom is -0.497 e. The number of ether oxygens (including phenoxy) is 1. The molecular weight excluding hydrogens is 356 g/mol. The van der Waals surface area contributed by atoms with Gasteiger partial charge in [0.1, 0.15) is 11.6 Å². The molecule has 3 nitrogen and oxygen atoms in total. The van der Waals surface area contributed by atoms with Gasteiger partial charge in [-0.2, -0.15) is 0 Å². The van der Waals surface area contributed by atoms with Gasteiger partial charge in [-0.15, -0.1) is 0 Å². The van der Waals surface area contributed by atoms with Gasteiger partial charge < -0.3 is 9.72 Å². The minimum absolute atomic E-state index is 0.837. The summed E-state index contributed by atoms with van der Waals surface area (Å²) in [5.74, 6) is 1.70. The first-order chi connectivity index (χ1) is 14.3. The molecular formula is C26H20N2O. The van der Waals surface area contributed by atoms with Crippen molar-refractivity contribution in [3.63, 3.8) is 0 Å². The molecule has 5 rings (SSSR count). The number of aromatic nitrogens is 2. The molecule has 0 fully saturated rings. The maximum atomic E-state index is 5.32. The van der Waals surface area contributed by atoms with E-state index in [1.54, 1.807) is 7.11 Å². The standard InChI is InChI=1S/C26H20N2O/c1-29-21-16-14-20(15-17-21)25-24(19-9-3-2-4-10-19)27-26(28-25)23-13-7-11-18-8-5-6-12-22(18)23/h2-17H,1H3,(H,27,28). The van der Waals surface area contributed by atoms with E-state index in [0.717, 1.165) is 39.7 Å². The van der Waals surface area contributed by atoms with Crippen LogP contribution < -0.4 is 4.74 Å². The SMILES string of the molecule is COc1ccc(-c2[nH]c(-c3cccc4ccccc34)nc2-c2ccccc2)cc1. The van der Waals surface area contributed by atoms with Crippen molar-refractivity contribution in [2.24, 2.45) is 0 Å². The van der Waals surface area contributed by atoms with Crippen LogP contribution in [0.25, 0.3) is 44.7 Å². The summed E-state index contributed by atoms with van der Waals surface area (Å²) in [6.07, 6.45) is 0. The van der Waals surface area contributed by atoms with Crippen LogP contribution in [0.1, 0.15) is 0 Å². The van der Waals surface area contributed by atoms with Gasteiger partial charge in [0, 0.05) is 16.7 Å². The van der Waals surface area contributed by atoms with E-state index in [-0.39, 0.29) is 0 Å². The molecule has 4 aromatic carbocycles. The predicted octanol–water partition coefficient (Wildman–Crippen LogP) is 6.57. The molecule has 0 unspecified atom stereocenters. The van der Waals surface area contributed by atoms with E-state index in [4.69, 9.17) is 9.72 Å². The van der Waals surface area contributed by atoms with Crippen molar-refractivity contribution in [1.29, 1.82) is 0 Å². The lowest BCUT2D eigenvalue weighted by atomic mass is 10.0. The molecule has 1 heterocycles. The van der Waals surface area contributed by atoms with Gasteiger partial charge in [-0.3, -0.25) is 0 Å². The van der Waals surface area contributed by atoms with Crippen molar-refractivity contribution in [2.45, 2.75) is 0 Å². The van der Waals surface area contributed by atoms with E-state index < -0.39 is 0 Å². The molecule has 0 bridgehead atoms. The van der Waals surface area contributed by atoms with Gasteiger partial charge in [-0.05, 0) is 35.0 Å². The lowest BCUT2D eigenvalue weighted by Crippen LogP contribution is -1.85. The van der Waals surface area contributed by atoms with Crippen molar-refractivity contribution < 1.29 is 4.74 Å². The van der Waals surface area contributed by atoms with Crippen LogP contribution in [0.5, 0.6) is 5.75 Å². The van der Waals surface area contributed by atoms with Crippen LogP contribution in [0.3, 0.4) is 0 Å². The van der Waals surface area contributed by atoms with E-state index >= 15 is 0 Å². The van der Waals surface area contributed by atoms with E-state index in [2.05, 4.69) is 71.7 Å². The molecule has 140 valence electrons. The highest BCUT2D eigenvalue weighted by Crippen LogP contribution is 2.35. The Morgan fingerprint density at radius 2 is 1.41 bits per heavy atom. The molecule has 0 aliphatic heterocycles. The second-order valence-corrected chi connectivity index (χ2v) is 6.93. The molecule has 0 spiro atoms. The normalized spacial score (nSPS) is 10.9. The average molecular weight is 376 g/mol. The topological polar surface area (TPSA) is 37.9 Å². The number of fused-ring (bicyclic) bond motifs is 1. The lowest BCUT2D eigenvalue weighted by molar-refractivity contribution is 0.415. The summed E-state index contributed by atoms with van der Waals surface area (Å²) in [7, 11) is 1.68. The van der Waals surface area contributed by atoms with Crippen LogP contribution in [0.15, 0.2) is 97.1 Å². The summed E-state index contributed by atoms with van der Waals surface area (Å²) in [6.45, 7) is 0. The highest BCUT2D eigenvalue weighted by Gasteiger charge is 2.16. The maximum Gasteiger partial charge on any atom is 0.139 e. The molecule has 0 radical (unpaired) electrons. The zero-order chi connectivity index (χ0) is 19.6. The predicted molar refractivity (Wildman–Crippen MR) is 119 cm³/mol. The molecule has 0 amide bonds. The van der Waals surface area contributed by atoms with Crippen molar-refractivity contribution in [2.75, 3.05) is 7.11 Å². The third-order valence-corrected chi connectivity index (χ3v) is 5.17. The number of hydrogen-bond acceptors (Lipinski definition) is 2. The van der Waals surface area contributed by atoms with Gasteiger partial charge in [0.2, 0.25) is 0 Å². The Bertz CT molecular complexity index is 1270. The number of benzene rings is 4. The second-order valence-electron chi connectivity index (χ2n) is 6.93. The third kappa shape index (κ3) is 3.17. The fraction of sp³-hybridized carbons (Fsp3) is 0.0385. The van der Waals surface area contributed by atoms with Crippen molar-refractivity contribution in [1.82, 2.24) is 9.97 Å². The molecule has 0 saturated carbocycles. The molecule has 0 saturated heterocycles. The summed E-state index contributed by atoms with van der Waals surface area (Å²) >= 11 is 0. The fourth-order valence-corrected chi connectivity index (χ4v) is 3.70. The van der Waals surface area contributed by atoms with Gasteiger partial charge in [-0.25, -0.2) is 4.98 Å². The largest absolute Gasteiger partial charge is 0.497 e. The van der Waals surface area contributed by atoms with Crippen molar-refractivity contribution in [3.8, 4) is 39.7 Å². The van der Waals surface area contributed by atoms with Crippen LogP contribution in [0, 0.1) is 0 Å². The third-order valence-electron chi connectivity index (χ3n) is 5.17. The van der Waals surface area contributed by atoms with E-state index in [1.165, 1.54) is 10.8 Å². The highest BCUT2D eigenvalue weighted by molar-refractivity contribution is 5.96. The minimum atomic E-state index is 0.837. The molecule has 3 heteroatoms. The monoisotopic (exact) mass is 376 g/mol. The fourth-order valence-electron chi connectivity index (χ4n) is 3.70. The Hall–Kier alpha value is -3.85. The molecule has 1 aromatic heterocycles. The smallest absolute Gasteiger partial charge is 0.139 e. The lowest BCUT2D eigenvalue weighted by Gasteiger charge is -2.05. The van der Waals surface area contributed by atoms with Gasteiger partial charge >= 0.3 is 0 Å². The summed E-state index contributed by atoms with van der Waals surface area (Å²) < 4.78 is 5.32. The number of methoxy groups -OCH3 is 1. The molecule has 5 aromatic rings. The highest BCUT2D eigenvalue weighted by atomic mass is 16.5. The van der Waals surface area contributed by atoms with Gasteiger partial charge in [0.15, 0.2) is 0 Å². The summed E-state index contributed by atoms with van der Waals surface area (Å²) in [4.78, 5) is 8.62. The Morgan fingerprint density at radius 3 is 2.21 bits per heavy atom. The zero-order valence-electron chi connectivity index (χ0n) is 16.1. The van der Waals surface area contributed by atoms with Crippen LogP contribution in [-0.2, 0) is 0 Å². The molecule has 0 aliphatic carbocycles. The summed E-state index contributed by atoms with van der Waals surface area (Å²) in [5.41, 5.74) is 5.20. The molecule has 29 heavy (non-hydrogen) atoms. The summed E-state index contributed by atoms with van der Waals surface area (Å²) in [5, 5.41) is 2.39. The summed E-state index contributed by atoms with van der Waals surface area (Å²) in [6, 6.07) is 33.1. The molecule has 1 N–H and O–H groups in total. The van der Waals surface area contributed by atoms with Crippen LogP contribution in [0.2, 0.25) is 0 Å². The van der Waals surface area contributed by atoms with Crippen molar-refractivity contribution in [3.05, 3.63) is 97.1 Å². The first kappa shape index (κ1) is 17.3. The first-order valence-electron chi connectivity index (χ1n) is 9.61.